The minimum Gasteiger partial charge on any atom is -0.326 e. The first-order valence-electron chi connectivity index (χ1n) is 5.40. The van der Waals surface area contributed by atoms with Crippen LogP contribution in [0.2, 0.25) is 0 Å². The van der Waals surface area contributed by atoms with E-state index < -0.39 is 22.7 Å². The number of aryl methyl sites for hydroxylation is 1. The van der Waals surface area contributed by atoms with Crippen molar-refractivity contribution in [3.8, 4) is 0 Å². The van der Waals surface area contributed by atoms with Gasteiger partial charge in [-0.15, -0.1) is 0 Å². The molecule has 0 fully saturated rings. The van der Waals surface area contributed by atoms with Gasteiger partial charge in [-0.1, -0.05) is 12.1 Å². The maximum absolute atomic E-state index is 12.2. The van der Waals surface area contributed by atoms with Crippen molar-refractivity contribution in [3.63, 3.8) is 0 Å². The molecular formula is C11H15F3N2O2S. The van der Waals surface area contributed by atoms with Crippen LogP contribution >= 0.6 is 0 Å². The molecular weight excluding hydrogens is 281 g/mol. The zero-order valence-electron chi connectivity index (χ0n) is 10.5. The van der Waals surface area contributed by atoms with Gasteiger partial charge in [-0.2, -0.15) is 17.5 Å². The predicted molar refractivity (Wildman–Crippen MR) is 64.9 cm³/mol. The number of halogens is 3. The fourth-order valence-electron chi connectivity index (χ4n) is 1.63. The Labute approximate surface area is 110 Å². The fraction of sp³-hybridized carbons (Fsp3) is 0.455. The van der Waals surface area contributed by atoms with Crippen molar-refractivity contribution in [1.29, 1.82) is 0 Å². The Bertz CT molecular complexity index is 556. The molecule has 0 aromatic heterocycles. The zero-order chi connectivity index (χ0) is 14.8. The molecule has 0 unspecified atom stereocenters. The summed E-state index contributed by atoms with van der Waals surface area (Å²) >= 11 is 0. The normalized spacial score (nSPS) is 13.0. The SMILES string of the molecule is Cc1cc(CN)ccc1S(=O)(=O)N(C)CC(F)(F)F. The van der Waals surface area contributed by atoms with Crippen molar-refractivity contribution in [2.45, 2.75) is 24.5 Å². The van der Waals surface area contributed by atoms with Gasteiger partial charge in [0.2, 0.25) is 10.0 Å². The smallest absolute Gasteiger partial charge is 0.326 e. The van der Waals surface area contributed by atoms with Crippen LogP contribution in [0.5, 0.6) is 0 Å². The minimum absolute atomic E-state index is 0.142. The molecule has 0 amide bonds. The molecule has 1 rings (SSSR count). The van der Waals surface area contributed by atoms with Crippen LogP contribution in [-0.2, 0) is 16.6 Å². The minimum atomic E-state index is -4.58. The van der Waals surface area contributed by atoms with Gasteiger partial charge in [0.05, 0.1) is 4.90 Å². The molecule has 0 radical (unpaired) electrons. The Balaban J connectivity index is 3.13. The van der Waals surface area contributed by atoms with Crippen LogP contribution in [0, 0.1) is 6.92 Å². The molecule has 0 heterocycles. The molecule has 1 aromatic carbocycles. The topological polar surface area (TPSA) is 63.4 Å². The van der Waals surface area contributed by atoms with E-state index >= 15 is 0 Å². The van der Waals surface area contributed by atoms with Crippen molar-refractivity contribution in [2.75, 3.05) is 13.6 Å². The van der Waals surface area contributed by atoms with Gasteiger partial charge in [0, 0.05) is 13.6 Å². The highest BCUT2D eigenvalue weighted by atomic mass is 32.2. The summed E-state index contributed by atoms with van der Waals surface area (Å²) < 4.78 is 61.1. The number of hydrogen-bond acceptors (Lipinski definition) is 3. The van der Waals surface area contributed by atoms with Crippen LogP contribution in [0.1, 0.15) is 11.1 Å². The van der Waals surface area contributed by atoms with Gasteiger partial charge in [0.1, 0.15) is 6.54 Å². The molecule has 0 atom stereocenters. The van der Waals surface area contributed by atoms with E-state index in [1.165, 1.54) is 19.1 Å². The Hall–Kier alpha value is -1.12. The molecule has 108 valence electrons. The molecule has 8 heteroatoms. The van der Waals surface area contributed by atoms with E-state index in [1.54, 1.807) is 6.07 Å². The molecule has 0 spiro atoms. The Morgan fingerprint density at radius 2 is 1.89 bits per heavy atom. The van der Waals surface area contributed by atoms with E-state index in [4.69, 9.17) is 5.73 Å². The van der Waals surface area contributed by atoms with Gasteiger partial charge in [0.15, 0.2) is 0 Å². The van der Waals surface area contributed by atoms with E-state index in [0.717, 1.165) is 12.6 Å². The summed E-state index contributed by atoms with van der Waals surface area (Å²) in [6, 6.07) is 4.31. The zero-order valence-corrected chi connectivity index (χ0v) is 11.3. The second kappa shape index (κ2) is 5.48. The van der Waals surface area contributed by atoms with Crippen LogP contribution in [0.15, 0.2) is 23.1 Å². The van der Waals surface area contributed by atoms with E-state index in [-0.39, 0.29) is 15.7 Å². The summed E-state index contributed by atoms with van der Waals surface area (Å²) in [5.41, 5.74) is 6.50. The third kappa shape index (κ3) is 3.92. The second-order valence-electron chi connectivity index (χ2n) is 4.18. The van der Waals surface area contributed by atoms with Crippen molar-refractivity contribution < 1.29 is 21.6 Å². The molecule has 0 aliphatic carbocycles. The van der Waals surface area contributed by atoms with Gasteiger partial charge in [0.25, 0.3) is 0 Å². The van der Waals surface area contributed by atoms with E-state index in [9.17, 15) is 21.6 Å². The summed E-state index contributed by atoms with van der Waals surface area (Å²) in [5, 5.41) is 0. The Morgan fingerprint density at radius 1 is 1.32 bits per heavy atom. The summed E-state index contributed by atoms with van der Waals surface area (Å²) in [4.78, 5) is -0.142. The van der Waals surface area contributed by atoms with Crippen LogP contribution < -0.4 is 5.73 Å². The highest BCUT2D eigenvalue weighted by Crippen LogP contribution is 2.23. The summed E-state index contributed by atoms with van der Waals surface area (Å²) in [7, 11) is -3.25. The first kappa shape index (κ1) is 15.9. The van der Waals surface area contributed by atoms with Crippen LogP contribution in [0.3, 0.4) is 0 Å². The molecule has 1 aromatic rings. The average Bonchev–Trinajstić information content (AvgIpc) is 2.26. The molecule has 0 aliphatic heterocycles. The highest BCUT2D eigenvalue weighted by Gasteiger charge is 2.35. The number of rotatable bonds is 4. The lowest BCUT2D eigenvalue weighted by molar-refractivity contribution is -0.134. The second-order valence-corrected chi connectivity index (χ2v) is 6.19. The van der Waals surface area contributed by atoms with Crippen molar-refractivity contribution in [2.24, 2.45) is 5.73 Å². The number of benzene rings is 1. The standard InChI is InChI=1S/C11H15F3N2O2S/c1-8-5-9(6-15)3-4-10(8)19(17,18)16(2)7-11(12,13)14/h3-5H,6-7,15H2,1-2H3. The van der Waals surface area contributed by atoms with Crippen molar-refractivity contribution in [3.05, 3.63) is 29.3 Å². The fourth-order valence-corrected chi connectivity index (χ4v) is 2.99. The predicted octanol–water partition coefficient (Wildman–Crippen LogP) is 1.64. The number of alkyl halides is 3. The van der Waals surface area contributed by atoms with Gasteiger partial charge in [-0.05, 0) is 24.1 Å². The van der Waals surface area contributed by atoms with Crippen LogP contribution in [0.4, 0.5) is 13.2 Å². The number of hydrogen-bond donors (Lipinski definition) is 1. The summed E-state index contributed by atoms with van der Waals surface area (Å²) in [6.07, 6.45) is -4.58. The Morgan fingerprint density at radius 3 is 2.32 bits per heavy atom. The maximum Gasteiger partial charge on any atom is 0.402 e. The van der Waals surface area contributed by atoms with Gasteiger partial charge >= 0.3 is 6.18 Å². The molecule has 0 saturated carbocycles. The highest BCUT2D eigenvalue weighted by molar-refractivity contribution is 7.89. The molecule has 4 nitrogen and oxygen atoms in total. The lowest BCUT2D eigenvalue weighted by atomic mass is 10.1. The largest absolute Gasteiger partial charge is 0.402 e. The lowest BCUT2D eigenvalue weighted by Crippen LogP contribution is -2.36. The van der Waals surface area contributed by atoms with Crippen molar-refractivity contribution >= 4 is 10.0 Å². The van der Waals surface area contributed by atoms with Crippen LogP contribution in [0.25, 0.3) is 0 Å². The van der Waals surface area contributed by atoms with E-state index in [0.29, 0.717) is 5.56 Å². The number of nitrogens with two attached hydrogens (primary N) is 1. The Kier molecular flexibility index (Phi) is 4.59. The first-order chi connectivity index (χ1) is 8.58. The molecule has 19 heavy (non-hydrogen) atoms. The molecule has 0 aliphatic rings. The third-order valence-electron chi connectivity index (χ3n) is 2.57. The van der Waals surface area contributed by atoms with E-state index in [2.05, 4.69) is 0 Å². The number of nitrogens with zero attached hydrogens (tertiary/aromatic N) is 1. The third-order valence-corrected chi connectivity index (χ3v) is 4.53. The molecule has 2 N–H and O–H groups in total. The quantitative estimate of drug-likeness (QED) is 0.918. The van der Waals surface area contributed by atoms with Gasteiger partial charge in [-0.25, -0.2) is 8.42 Å². The van der Waals surface area contributed by atoms with Crippen LogP contribution in [-0.4, -0.2) is 32.5 Å². The molecule has 0 saturated heterocycles. The monoisotopic (exact) mass is 296 g/mol. The molecule has 0 bridgehead atoms. The van der Waals surface area contributed by atoms with E-state index in [1.807, 2.05) is 0 Å². The van der Waals surface area contributed by atoms with Crippen molar-refractivity contribution in [1.82, 2.24) is 4.31 Å². The average molecular weight is 296 g/mol. The first-order valence-corrected chi connectivity index (χ1v) is 6.84. The maximum atomic E-state index is 12.2. The number of sulfonamides is 1. The lowest BCUT2D eigenvalue weighted by Gasteiger charge is -2.20. The van der Waals surface area contributed by atoms with Gasteiger partial charge in [-0.3, -0.25) is 0 Å². The summed E-state index contributed by atoms with van der Waals surface area (Å²) in [6.45, 7) is 0.237. The summed E-state index contributed by atoms with van der Waals surface area (Å²) in [5.74, 6) is 0. The van der Waals surface area contributed by atoms with Gasteiger partial charge < -0.3 is 5.73 Å².